The van der Waals surface area contributed by atoms with Crippen LogP contribution in [0, 0.1) is 13.8 Å². The quantitative estimate of drug-likeness (QED) is 0.846. The first-order chi connectivity index (χ1) is 9.97. The second-order valence-corrected chi connectivity index (χ2v) is 5.65. The van der Waals surface area contributed by atoms with Gasteiger partial charge in [-0.1, -0.05) is 28.4 Å². The molecule has 1 aliphatic heterocycles. The van der Waals surface area contributed by atoms with Gasteiger partial charge in [-0.15, -0.1) is 6.58 Å². The van der Waals surface area contributed by atoms with E-state index < -0.39 is 6.10 Å². The summed E-state index contributed by atoms with van der Waals surface area (Å²) in [5, 5.41) is 6.95. The maximum absolute atomic E-state index is 12.0. The fraction of sp³-hybridized carbons (Fsp3) is 0.412. The summed E-state index contributed by atoms with van der Waals surface area (Å²) in [5.74, 6) is -0.111. The van der Waals surface area contributed by atoms with Crippen LogP contribution < -0.4 is 5.32 Å². The van der Waals surface area contributed by atoms with Gasteiger partial charge in [-0.2, -0.15) is 0 Å². The first kappa shape index (κ1) is 15.3. The van der Waals surface area contributed by atoms with Gasteiger partial charge in [0.1, 0.15) is 0 Å². The smallest absolute Gasteiger partial charge is 0.264 e. The van der Waals surface area contributed by atoms with Crippen LogP contribution in [-0.2, 0) is 9.63 Å². The Balaban J connectivity index is 1.95. The van der Waals surface area contributed by atoms with Crippen molar-refractivity contribution in [3.8, 4) is 0 Å². The molecule has 1 aromatic carbocycles. The number of carbonyl (C=O) groups is 1. The van der Waals surface area contributed by atoms with Crippen molar-refractivity contribution < 1.29 is 9.63 Å². The molecule has 0 spiro atoms. The Morgan fingerprint density at radius 1 is 1.48 bits per heavy atom. The van der Waals surface area contributed by atoms with Crippen LogP contribution in [0.25, 0.3) is 0 Å². The van der Waals surface area contributed by atoms with Gasteiger partial charge >= 0.3 is 0 Å². The molecule has 1 N–H and O–H groups in total. The van der Waals surface area contributed by atoms with E-state index in [1.807, 2.05) is 20.8 Å². The monoisotopic (exact) mass is 286 g/mol. The molecule has 1 heterocycles. The largest absolute Gasteiger partial charge is 0.382 e. The van der Waals surface area contributed by atoms with Crippen molar-refractivity contribution in [2.24, 2.45) is 5.16 Å². The van der Waals surface area contributed by atoms with Crippen LogP contribution in [0.4, 0.5) is 0 Å². The maximum Gasteiger partial charge on any atom is 0.264 e. The number of hydrogen-bond acceptors (Lipinski definition) is 3. The van der Waals surface area contributed by atoms with Crippen molar-refractivity contribution >= 4 is 11.6 Å². The van der Waals surface area contributed by atoms with Crippen molar-refractivity contribution in [1.82, 2.24) is 5.32 Å². The fourth-order valence-corrected chi connectivity index (χ4v) is 2.24. The van der Waals surface area contributed by atoms with Crippen molar-refractivity contribution in [2.45, 2.75) is 39.7 Å². The number of oxime groups is 1. The van der Waals surface area contributed by atoms with Gasteiger partial charge in [0, 0.05) is 18.5 Å². The molecule has 0 saturated heterocycles. The van der Waals surface area contributed by atoms with Crippen molar-refractivity contribution in [1.29, 1.82) is 0 Å². The second kappa shape index (κ2) is 6.57. The highest BCUT2D eigenvalue weighted by molar-refractivity contribution is 6.05. The number of aryl methyl sites for hydroxylation is 2. The van der Waals surface area contributed by atoms with Gasteiger partial charge in [-0.05, 0) is 38.8 Å². The summed E-state index contributed by atoms with van der Waals surface area (Å²) in [7, 11) is 0. The van der Waals surface area contributed by atoms with Crippen LogP contribution in [0.15, 0.2) is 35.5 Å². The number of hydrogen-bond donors (Lipinski definition) is 1. The van der Waals surface area contributed by atoms with Gasteiger partial charge in [0.2, 0.25) is 6.10 Å². The zero-order valence-corrected chi connectivity index (χ0v) is 12.9. The van der Waals surface area contributed by atoms with E-state index in [1.165, 1.54) is 5.56 Å². The highest BCUT2D eigenvalue weighted by Crippen LogP contribution is 2.20. The minimum absolute atomic E-state index is 0.111. The van der Waals surface area contributed by atoms with E-state index >= 15 is 0 Å². The molecule has 0 radical (unpaired) electrons. The molecular weight excluding hydrogens is 264 g/mol. The van der Waals surface area contributed by atoms with E-state index in [0.29, 0.717) is 13.0 Å². The van der Waals surface area contributed by atoms with Gasteiger partial charge in [-0.3, -0.25) is 4.79 Å². The Kier molecular flexibility index (Phi) is 4.78. The van der Waals surface area contributed by atoms with Gasteiger partial charge in [0.25, 0.3) is 5.91 Å². The number of carbonyl (C=O) groups excluding carboxylic acids is 1. The predicted molar refractivity (Wildman–Crippen MR) is 84.4 cm³/mol. The lowest BCUT2D eigenvalue weighted by molar-refractivity contribution is -0.131. The Morgan fingerprint density at radius 3 is 2.95 bits per heavy atom. The molecule has 0 aromatic heterocycles. The summed E-state index contributed by atoms with van der Waals surface area (Å²) >= 11 is 0. The molecule has 1 atom stereocenters. The molecule has 112 valence electrons. The van der Waals surface area contributed by atoms with Crippen molar-refractivity contribution in [3.05, 3.63) is 47.0 Å². The summed E-state index contributed by atoms with van der Waals surface area (Å²) in [6.07, 6.45) is 0.775. The molecule has 1 unspecified atom stereocenters. The molecule has 0 saturated carbocycles. The van der Waals surface area contributed by atoms with Crippen LogP contribution in [-0.4, -0.2) is 24.3 Å². The Hall–Kier alpha value is -2.10. The third-order valence-electron chi connectivity index (χ3n) is 3.52. The highest BCUT2D eigenvalue weighted by atomic mass is 16.6. The summed E-state index contributed by atoms with van der Waals surface area (Å²) < 4.78 is 0. The molecule has 21 heavy (non-hydrogen) atoms. The summed E-state index contributed by atoms with van der Waals surface area (Å²) in [5.41, 5.74) is 5.28. The third-order valence-corrected chi connectivity index (χ3v) is 3.52. The topological polar surface area (TPSA) is 50.7 Å². The number of benzene rings is 1. The minimum Gasteiger partial charge on any atom is -0.382 e. The Labute approximate surface area is 125 Å². The average Bonchev–Trinajstić information content (AvgIpc) is 2.90. The first-order valence-corrected chi connectivity index (χ1v) is 7.20. The van der Waals surface area contributed by atoms with Crippen LogP contribution in [0.3, 0.4) is 0 Å². The fourth-order valence-electron chi connectivity index (χ4n) is 2.24. The summed E-state index contributed by atoms with van der Waals surface area (Å²) in [6, 6.07) is 6.21. The summed E-state index contributed by atoms with van der Waals surface area (Å²) in [4.78, 5) is 17.3. The Morgan fingerprint density at radius 2 is 2.24 bits per heavy atom. The molecule has 1 amide bonds. The normalized spacial score (nSPS) is 17.1. The third kappa shape index (κ3) is 3.94. The summed E-state index contributed by atoms with van der Waals surface area (Å²) in [6.45, 7) is 10.4. The molecule has 4 heteroatoms. The predicted octanol–water partition coefficient (Wildman–Crippen LogP) is 2.88. The molecule has 1 aliphatic rings. The van der Waals surface area contributed by atoms with Crippen LogP contribution in [0.1, 0.15) is 36.5 Å². The molecule has 1 aromatic rings. The van der Waals surface area contributed by atoms with Crippen molar-refractivity contribution in [2.75, 3.05) is 6.54 Å². The maximum atomic E-state index is 12.0. The average molecular weight is 286 g/mol. The first-order valence-electron chi connectivity index (χ1n) is 7.20. The van der Waals surface area contributed by atoms with Gasteiger partial charge in [0.15, 0.2) is 0 Å². The van der Waals surface area contributed by atoms with Crippen LogP contribution in [0.2, 0.25) is 0 Å². The number of amides is 1. The molecular formula is C17H22N2O2. The SMILES string of the molecule is C=C(C)CCNC(=O)C1CC(c2cc(C)ccc2C)=NO1. The molecule has 0 fully saturated rings. The van der Waals surface area contributed by atoms with Crippen molar-refractivity contribution in [3.63, 3.8) is 0 Å². The standard InChI is InChI=1S/C17H22N2O2/c1-11(2)7-8-18-17(20)16-10-15(19-21-16)14-9-12(3)5-6-13(14)4/h5-6,9,16H,1,7-8,10H2,2-4H3,(H,18,20). The lowest BCUT2D eigenvalue weighted by Crippen LogP contribution is -2.35. The van der Waals surface area contributed by atoms with E-state index in [4.69, 9.17) is 4.84 Å². The van der Waals surface area contributed by atoms with Gasteiger partial charge in [0.05, 0.1) is 5.71 Å². The van der Waals surface area contributed by atoms with Crippen LogP contribution >= 0.6 is 0 Å². The second-order valence-electron chi connectivity index (χ2n) is 5.65. The molecule has 0 aliphatic carbocycles. The lowest BCUT2D eigenvalue weighted by atomic mass is 9.98. The number of nitrogens with one attached hydrogen (secondary N) is 1. The highest BCUT2D eigenvalue weighted by Gasteiger charge is 2.29. The Bertz CT molecular complexity index is 590. The number of nitrogens with zero attached hydrogens (tertiary/aromatic N) is 1. The lowest BCUT2D eigenvalue weighted by Gasteiger charge is -2.09. The van der Waals surface area contributed by atoms with E-state index in [9.17, 15) is 4.79 Å². The van der Waals surface area contributed by atoms with E-state index in [0.717, 1.165) is 28.8 Å². The minimum atomic E-state index is -0.523. The van der Waals surface area contributed by atoms with E-state index in [1.54, 1.807) is 0 Å². The van der Waals surface area contributed by atoms with Gasteiger partial charge in [-0.25, -0.2) is 0 Å². The van der Waals surface area contributed by atoms with E-state index in [-0.39, 0.29) is 5.91 Å². The van der Waals surface area contributed by atoms with E-state index in [2.05, 4.69) is 35.3 Å². The number of rotatable bonds is 5. The molecule has 0 bridgehead atoms. The zero-order chi connectivity index (χ0) is 15.4. The van der Waals surface area contributed by atoms with Gasteiger partial charge < -0.3 is 10.2 Å². The zero-order valence-electron chi connectivity index (χ0n) is 12.9. The van der Waals surface area contributed by atoms with Crippen LogP contribution in [0.5, 0.6) is 0 Å². The molecule has 4 nitrogen and oxygen atoms in total. The molecule has 2 rings (SSSR count).